The molecule has 4 rings (SSSR count). The second-order valence-electron chi connectivity index (χ2n) is 8.58. The standard InChI is InChI=1S/C27H31NO7S/c1-15-22(27(30)35-11-10-31-2)23(17-8-9-20(32-3)26(34-5)25(17)33-4)24-18(28-15)13-16(14-19(24)29)21-7-6-12-36-21/h6-9,12,16,23,28H,10-11,13-14H2,1-5H3/t16-,23+/m0/s1. The van der Waals surface area contributed by atoms with Crippen molar-refractivity contribution < 1.29 is 33.3 Å². The highest BCUT2D eigenvalue weighted by molar-refractivity contribution is 7.10. The highest BCUT2D eigenvalue weighted by atomic mass is 32.1. The maximum atomic E-state index is 13.7. The first-order chi connectivity index (χ1) is 17.4. The van der Waals surface area contributed by atoms with Crippen LogP contribution < -0.4 is 19.5 Å². The first-order valence-corrected chi connectivity index (χ1v) is 12.5. The van der Waals surface area contributed by atoms with E-state index < -0.39 is 11.9 Å². The zero-order valence-corrected chi connectivity index (χ0v) is 22.0. The molecule has 9 heteroatoms. The molecule has 0 saturated carbocycles. The van der Waals surface area contributed by atoms with Gasteiger partial charge < -0.3 is 29.0 Å². The molecule has 0 fully saturated rings. The van der Waals surface area contributed by atoms with Crippen molar-refractivity contribution >= 4 is 23.1 Å². The number of thiophene rings is 1. The molecule has 2 aromatic rings. The lowest BCUT2D eigenvalue weighted by Gasteiger charge is -2.37. The summed E-state index contributed by atoms with van der Waals surface area (Å²) >= 11 is 1.65. The minimum absolute atomic E-state index is 0.0151. The van der Waals surface area contributed by atoms with E-state index in [9.17, 15) is 9.59 Å². The maximum Gasteiger partial charge on any atom is 0.336 e. The minimum Gasteiger partial charge on any atom is -0.493 e. The molecule has 8 nitrogen and oxygen atoms in total. The number of ether oxygens (including phenoxy) is 5. The molecule has 2 aliphatic rings. The van der Waals surface area contributed by atoms with Crippen LogP contribution in [0.5, 0.6) is 17.2 Å². The van der Waals surface area contributed by atoms with Gasteiger partial charge in [0.2, 0.25) is 5.75 Å². The van der Waals surface area contributed by atoms with Crippen LogP contribution in [0.2, 0.25) is 0 Å². The predicted molar refractivity (Wildman–Crippen MR) is 136 cm³/mol. The molecule has 1 N–H and O–H groups in total. The molecule has 0 unspecified atom stereocenters. The second kappa shape index (κ2) is 11.2. The van der Waals surface area contributed by atoms with Crippen LogP contribution in [0, 0.1) is 0 Å². The van der Waals surface area contributed by atoms with Crippen LogP contribution in [0.3, 0.4) is 0 Å². The van der Waals surface area contributed by atoms with Gasteiger partial charge in [-0.2, -0.15) is 0 Å². The largest absolute Gasteiger partial charge is 0.493 e. The van der Waals surface area contributed by atoms with Gasteiger partial charge in [0.15, 0.2) is 17.3 Å². The van der Waals surface area contributed by atoms with E-state index in [2.05, 4.69) is 11.4 Å². The number of rotatable bonds is 9. The van der Waals surface area contributed by atoms with E-state index >= 15 is 0 Å². The van der Waals surface area contributed by atoms with E-state index in [0.717, 1.165) is 5.70 Å². The molecule has 1 aromatic carbocycles. The van der Waals surface area contributed by atoms with Gasteiger partial charge in [-0.05, 0) is 30.9 Å². The normalized spacial score (nSPS) is 19.5. The zero-order valence-electron chi connectivity index (χ0n) is 21.1. The summed E-state index contributed by atoms with van der Waals surface area (Å²) < 4.78 is 27.4. The maximum absolute atomic E-state index is 13.7. The van der Waals surface area contributed by atoms with Gasteiger partial charge >= 0.3 is 5.97 Å². The Morgan fingerprint density at radius 2 is 1.81 bits per heavy atom. The van der Waals surface area contributed by atoms with Crippen molar-refractivity contribution in [1.82, 2.24) is 5.32 Å². The number of Topliss-reactive ketones (excluding diaryl/α,β-unsaturated/α-hetero) is 1. The second-order valence-corrected chi connectivity index (χ2v) is 9.56. The van der Waals surface area contributed by atoms with Crippen LogP contribution in [0.4, 0.5) is 0 Å². The molecule has 0 bridgehead atoms. The Morgan fingerprint density at radius 1 is 1.03 bits per heavy atom. The Balaban J connectivity index is 1.87. The van der Waals surface area contributed by atoms with Crippen molar-refractivity contribution in [2.75, 3.05) is 41.7 Å². The Hall–Kier alpha value is -3.30. The SMILES string of the molecule is COCCOC(=O)C1=C(C)NC2=C(C(=O)C[C@@H](c3cccs3)C2)[C@@H]1c1ccc(OC)c(OC)c1OC. The summed E-state index contributed by atoms with van der Waals surface area (Å²) in [7, 11) is 6.13. The summed E-state index contributed by atoms with van der Waals surface area (Å²) in [5, 5.41) is 5.39. The van der Waals surface area contributed by atoms with Crippen molar-refractivity contribution in [3.63, 3.8) is 0 Å². The van der Waals surface area contributed by atoms with Gasteiger partial charge in [0.1, 0.15) is 6.61 Å². The van der Waals surface area contributed by atoms with Crippen molar-refractivity contribution in [1.29, 1.82) is 0 Å². The number of carbonyl (C=O) groups excluding carboxylic acids is 2. The molecular formula is C27H31NO7S. The predicted octanol–water partition coefficient (Wildman–Crippen LogP) is 4.33. The van der Waals surface area contributed by atoms with E-state index in [1.807, 2.05) is 24.4 Å². The lowest BCUT2D eigenvalue weighted by Crippen LogP contribution is -2.36. The zero-order chi connectivity index (χ0) is 25.8. The Bertz CT molecular complexity index is 1200. The fraction of sp³-hybridized carbons (Fsp3) is 0.407. The molecule has 36 heavy (non-hydrogen) atoms. The average Bonchev–Trinajstić information content (AvgIpc) is 3.42. The number of benzene rings is 1. The first kappa shape index (κ1) is 25.8. The van der Waals surface area contributed by atoms with Crippen LogP contribution in [0.15, 0.2) is 52.2 Å². The summed E-state index contributed by atoms with van der Waals surface area (Å²) in [4.78, 5) is 28.3. The van der Waals surface area contributed by atoms with Gasteiger partial charge in [-0.15, -0.1) is 11.3 Å². The van der Waals surface area contributed by atoms with E-state index in [0.29, 0.717) is 52.5 Å². The summed E-state index contributed by atoms with van der Waals surface area (Å²) in [6.07, 6.45) is 1.02. The molecule has 1 aliphatic carbocycles. The minimum atomic E-state index is -0.692. The van der Waals surface area contributed by atoms with Gasteiger partial charge in [0.25, 0.3) is 0 Å². The lowest BCUT2D eigenvalue weighted by atomic mass is 9.72. The molecule has 2 atom stereocenters. The van der Waals surface area contributed by atoms with Gasteiger partial charge in [-0.3, -0.25) is 4.79 Å². The lowest BCUT2D eigenvalue weighted by molar-refractivity contribution is -0.140. The number of ketones is 1. The van der Waals surface area contributed by atoms with Crippen molar-refractivity contribution in [2.45, 2.75) is 31.6 Å². The van der Waals surface area contributed by atoms with Crippen LogP contribution >= 0.6 is 11.3 Å². The molecule has 0 spiro atoms. The topological polar surface area (TPSA) is 92.3 Å². The van der Waals surface area contributed by atoms with Crippen molar-refractivity contribution in [2.24, 2.45) is 0 Å². The average molecular weight is 514 g/mol. The number of dihydropyridines is 1. The number of allylic oxidation sites excluding steroid dienone is 3. The van der Waals surface area contributed by atoms with Crippen LogP contribution in [0.1, 0.15) is 42.0 Å². The number of hydrogen-bond donors (Lipinski definition) is 1. The third-order valence-corrected chi connectivity index (χ3v) is 7.59. The molecule has 0 radical (unpaired) electrons. The summed E-state index contributed by atoms with van der Waals surface area (Å²) in [6, 6.07) is 7.63. The van der Waals surface area contributed by atoms with Crippen LogP contribution in [0.25, 0.3) is 0 Å². The van der Waals surface area contributed by atoms with Crippen LogP contribution in [-0.4, -0.2) is 53.4 Å². The van der Waals surface area contributed by atoms with E-state index in [1.165, 1.54) is 19.1 Å². The third kappa shape index (κ3) is 4.73. The monoisotopic (exact) mass is 513 g/mol. The van der Waals surface area contributed by atoms with Gasteiger partial charge in [0.05, 0.1) is 39.4 Å². The number of hydrogen-bond acceptors (Lipinski definition) is 9. The van der Waals surface area contributed by atoms with E-state index in [4.69, 9.17) is 23.7 Å². The van der Waals surface area contributed by atoms with Crippen LogP contribution in [-0.2, 0) is 19.1 Å². The summed E-state index contributed by atoms with van der Waals surface area (Å²) in [5.74, 6) is 0.139. The highest BCUT2D eigenvalue weighted by Crippen LogP contribution is 2.51. The number of nitrogens with one attached hydrogen (secondary N) is 1. The molecule has 1 aromatic heterocycles. The molecule has 1 aliphatic heterocycles. The van der Waals surface area contributed by atoms with Crippen molar-refractivity contribution in [3.8, 4) is 17.2 Å². The van der Waals surface area contributed by atoms with E-state index in [-0.39, 0.29) is 24.9 Å². The quantitative estimate of drug-likeness (QED) is 0.391. The van der Waals surface area contributed by atoms with Gasteiger partial charge in [0, 0.05) is 46.9 Å². The number of carbonyl (C=O) groups is 2. The van der Waals surface area contributed by atoms with Gasteiger partial charge in [-0.1, -0.05) is 12.1 Å². The molecule has 0 amide bonds. The van der Waals surface area contributed by atoms with Gasteiger partial charge in [-0.25, -0.2) is 4.79 Å². The molecular weight excluding hydrogens is 482 g/mol. The fourth-order valence-corrected chi connectivity index (χ4v) is 5.82. The summed E-state index contributed by atoms with van der Waals surface area (Å²) in [6.45, 7) is 2.20. The molecule has 0 saturated heterocycles. The third-order valence-electron chi connectivity index (χ3n) is 6.56. The highest BCUT2D eigenvalue weighted by Gasteiger charge is 2.43. The fourth-order valence-electron chi connectivity index (χ4n) is 4.99. The Labute approximate surface area is 214 Å². The Kier molecular flexibility index (Phi) is 8.01. The Morgan fingerprint density at radius 3 is 2.44 bits per heavy atom. The molecule has 2 heterocycles. The first-order valence-electron chi connectivity index (χ1n) is 11.7. The van der Waals surface area contributed by atoms with E-state index in [1.54, 1.807) is 31.6 Å². The van der Waals surface area contributed by atoms with Crippen molar-refractivity contribution in [3.05, 3.63) is 62.6 Å². The number of esters is 1. The smallest absolute Gasteiger partial charge is 0.336 e. The molecule has 192 valence electrons. The number of methoxy groups -OCH3 is 4. The summed E-state index contributed by atoms with van der Waals surface area (Å²) in [5.41, 5.74) is 3.00.